The Morgan fingerprint density at radius 2 is 1.86 bits per heavy atom. The second-order valence-electron chi connectivity index (χ2n) is 6.89. The molecule has 2 N–H and O–H groups in total. The second kappa shape index (κ2) is 10.6. The summed E-state index contributed by atoms with van der Waals surface area (Å²) in [6.45, 7) is 0. The van der Waals surface area contributed by atoms with E-state index in [0.29, 0.717) is 38.6 Å². The Kier molecular flexibility index (Phi) is 7.31. The van der Waals surface area contributed by atoms with Gasteiger partial charge in [-0.1, -0.05) is 0 Å². The number of nitrogens with one attached hydrogen (secondary N) is 2. The van der Waals surface area contributed by atoms with Crippen LogP contribution in [0.4, 0.5) is 10.8 Å². The number of sulfonamides is 1. The third-order valence-electron chi connectivity index (χ3n) is 4.74. The lowest BCUT2D eigenvalue weighted by Gasteiger charge is -2.08. The summed E-state index contributed by atoms with van der Waals surface area (Å²) in [5, 5.41) is 17.0. The van der Waals surface area contributed by atoms with Crippen molar-refractivity contribution in [1.82, 2.24) is 9.97 Å². The quantitative estimate of drug-likeness (QED) is 0.290. The Labute approximate surface area is 210 Å². The van der Waals surface area contributed by atoms with E-state index in [9.17, 15) is 13.7 Å². The molecule has 0 amide bonds. The largest absolute Gasteiger partial charge is 0.493 e. The summed E-state index contributed by atoms with van der Waals surface area (Å²) in [7, 11) is -0.599. The van der Waals surface area contributed by atoms with Crippen molar-refractivity contribution < 1.29 is 17.9 Å². The lowest BCUT2D eigenvalue weighted by atomic mass is 10.1. The minimum atomic E-state index is -3.73. The highest BCUT2D eigenvalue weighted by Crippen LogP contribution is 2.33. The molecule has 0 unspecified atom stereocenters. The lowest BCUT2D eigenvalue weighted by Crippen LogP contribution is -2.12. The average Bonchev–Trinajstić information content (AvgIpc) is 3.57. The normalized spacial score (nSPS) is 11.5. The molecule has 2 aromatic heterocycles. The molecule has 2 aromatic carbocycles. The Balaban J connectivity index is 1.48. The van der Waals surface area contributed by atoms with Gasteiger partial charge in [-0.15, -0.1) is 22.7 Å². The highest BCUT2D eigenvalue weighted by Gasteiger charge is 2.15. The number of rotatable bonds is 9. The molecule has 0 aliphatic carbocycles. The molecule has 0 saturated carbocycles. The van der Waals surface area contributed by atoms with Gasteiger partial charge in [0.05, 0.1) is 24.8 Å². The van der Waals surface area contributed by atoms with Crippen molar-refractivity contribution in [2.24, 2.45) is 0 Å². The summed E-state index contributed by atoms with van der Waals surface area (Å²) >= 11 is 2.53. The van der Waals surface area contributed by atoms with E-state index in [1.807, 2.05) is 17.5 Å². The van der Waals surface area contributed by atoms with Crippen molar-refractivity contribution >= 4 is 49.1 Å². The monoisotopic (exact) mass is 525 g/mol. The maximum absolute atomic E-state index is 12.5. The molecule has 0 fully saturated rings. The predicted molar refractivity (Wildman–Crippen MR) is 137 cm³/mol. The fourth-order valence-corrected chi connectivity index (χ4v) is 5.58. The van der Waals surface area contributed by atoms with Crippen LogP contribution >= 0.6 is 22.7 Å². The molecule has 178 valence electrons. The lowest BCUT2D eigenvalue weighted by molar-refractivity contribution is 0.355. The third-order valence-corrected chi connectivity index (χ3v) is 7.78. The van der Waals surface area contributed by atoms with E-state index in [0.717, 1.165) is 5.56 Å². The van der Waals surface area contributed by atoms with Crippen LogP contribution in [0, 0.1) is 11.3 Å². The van der Waals surface area contributed by atoms with E-state index in [2.05, 4.69) is 26.1 Å². The van der Waals surface area contributed by atoms with Crippen LogP contribution < -0.4 is 19.5 Å². The summed E-state index contributed by atoms with van der Waals surface area (Å²) < 4.78 is 38.0. The maximum Gasteiger partial charge on any atom is 0.263 e. The molecule has 4 rings (SSSR count). The molecule has 0 saturated heterocycles. The SMILES string of the molecule is COc1ccc(-c2csc(C(C#N)=CNc3ccc(S(=O)(=O)Nc4nccs4)cc3)n2)cc1OC. The van der Waals surface area contributed by atoms with E-state index >= 15 is 0 Å². The first kappa shape index (κ1) is 24.2. The standard InChI is InChI=1S/C23H19N5O4S3/c1-31-20-8-3-15(11-21(20)32-2)19-14-34-22(27-19)16(12-24)13-26-17-4-6-18(7-5-17)35(29,30)28-23-25-9-10-33-23/h3-11,13-14,26H,1-2H3,(H,25,28). The van der Waals surface area contributed by atoms with Crippen LogP contribution in [-0.2, 0) is 10.0 Å². The zero-order valence-corrected chi connectivity index (χ0v) is 21.0. The van der Waals surface area contributed by atoms with Gasteiger partial charge in [0.25, 0.3) is 10.0 Å². The molecule has 0 bridgehead atoms. The molecule has 0 aliphatic rings. The van der Waals surface area contributed by atoms with Crippen molar-refractivity contribution in [2.45, 2.75) is 4.90 Å². The molecule has 9 nitrogen and oxygen atoms in total. The van der Waals surface area contributed by atoms with Gasteiger partial charge >= 0.3 is 0 Å². The van der Waals surface area contributed by atoms with Gasteiger partial charge in [0.2, 0.25) is 0 Å². The number of allylic oxidation sites excluding steroid dienone is 1. The maximum atomic E-state index is 12.5. The van der Waals surface area contributed by atoms with Gasteiger partial charge in [-0.25, -0.2) is 18.4 Å². The highest BCUT2D eigenvalue weighted by atomic mass is 32.2. The van der Waals surface area contributed by atoms with E-state index in [-0.39, 0.29) is 4.90 Å². The number of methoxy groups -OCH3 is 2. The van der Waals surface area contributed by atoms with Crippen LogP contribution in [0.25, 0.3) is 16.8 Å². The van der Waals surface area contributed by atoms with Crippen molar-refractivity contribution in [3.8, 4) is 28.8 Å². The van der Waals surface area contributed by atoms with Gasteiger partial charge in [-0.05, 0) is 42.5 Å². The van der Waals surface area contributed by atoms with Crippen LogP contribution in [0.2, 0.25) is 0 Å². The van der Waals surface area contributed by atoms with Crippen molar-refractivity contribution in [3.05, 3.63) is 70.6 Å². The fourth-order valence-electron chi connectivity index (χ4n) is 3.00. The van der Waals surface area contributed by atoms with E-state index in [1.165, 1.54) is 47.2 Å². The van der Waals surface area contributed by atoms with Crippen molar-refractivity contribution in [3.63, 3.8) is 0 Å². The molecule has 0 radical (unpaired) electrons. The number of nitrogens with zero attached hydrogens (tertiary/aromatic N) is 3. The smallest absolute Gasteiger partial charge is 0.263 e. The number of ether oxygens (including phenoxy) is 2. The number of aromatic nitrogens is 2. The van der Waals surface area contributed by atoms with Gasteiger partial charge in [-0.2, -0.15) is 5.26 Å². The Bertz CT molecular complexity index is 1490. The van der Waals surface area contributed by atoms with Crippen LogP contribution in [0.1, 0.15) is 5.01 Å². The number of hydrogen-bond acceptors (Lipinski definition) is 10. The number of thiazole rings is 2. The molecular formula is C23H19N5O4S3. The van der Waals surface area contributed by atoms with E-state index in [1.54, 1.807) is 37.8 Å². The second-order valence-corrected chi connectivity index (χ2v) is 10.3. The molecular weight excluding hydrogens is 506 g/mol. The van der Waals surface area contributed by atoms with Gasteiger partial charge < -0.3 is 14.8 Å². The summed E-state index contributed by atoms with van der Waals surface area (Å²) in [5.74, 6) is 1.20. The summed E-state index contributed by atoms with van der Waals surface area (Å²) in [5.41, 5.74) is 2.49. The Morgan fingerprint density at radius 1 is 1.09 bits per heavy atom. The van der Waals surface area contributed by atoms with Crippen LogP contribution in [0.15, 0.2) is 70.5 Å². The number of benzene rings is 2. The first-order chi connectivity index (χ1) is 16.9. The molecule has 12 heteroatoms. The van der Waals surface area contributed by atoms with Gasteiger partial charge in [0.15, 0.2) is 16.6 Å². The number of anilines is 2. The molecule has 2 heterocycles. The van der Waals surface area contributed by atoms with Crippen LogP contribution in [-0.4, -0.2) is 32.6 Å². The topological polar surface area (TPSA) is 126 Å². The molecule has 4 aromatic rings. The van der Waals surface area contributed by atoms with Crippen molar-refractivity contribution in [2.75, 3.05) is 24.3 Å². The first-order valence-corrected chi connectivity index (χ1v) is 13.2. The minimum Gasteiger partial charge on any atom is -0.493 e. The Morgan fingerprint density at radius 3 is 2.51 bits per heavy atom. The molecule has 35 heavy (non-hydrogen) atoms. The fraction of sp³-hybridized carbons (Fsp3) is 0.0870. The Hall–Kier alpha value is -3.92. The molecule has 0 atom stereocenters. The van der Waals surface area contributed by atoms with E-state index in [4.69, 9.17) is 9.47 Å². The molecule has 0 spiro atoms. The van der Waals surface area contributed by atoms with Gasteiger partial charge in [0.1, 0.15) is 16.6 Å². The zero-order valence-electron chi connectivity index (χ0n) is 18.6. The van der Waals surface area contributed by atoms with Crippen molar-refractivity contribution in [1.29, 1.82) is 5.26 Å². The minimum absolute atomic E-state index is 0.0993. The number of nitriles is 1. The summed E-state index contributed by atoms with van der Waals surface area (Å²) in [6, 6.07) is 13.8. The molecule has 0 aliphatic heterocycles. The first-order valence-electron chi connectivity index (χ1n) is 10.0. The van der Waals surface area contributed by atoms with Gasteiger partial charge in [-0.3, -0.25) is 4.72 Å². The third kappa shape index (κ3) is 5.60. The summed E-state index contributed by atoms with van der Waals surface area (Å²) in [6.07, 6.45) is 3.06. The van der Waals surface area contributed by atoms with Gasteiger partial charge in [0, 0.05) is 34.4 Å². The van der Waals surface area contributed by atoms with Crippen LogP contribution in [0.5, 0.6) is 11.5 Å². The number of hydrogen-bond donors (Lipinski definition) is 2. The van der Waals surface area contributed by atoms with Crippen LogP contribution in [0.3, 0.4) is 0 Å². The summed E-state index contributed by atoms with van der Waals surface area (Å²) in [4.78, 5) is 8.60. The zero-order chi connectivity index (χ0) is 24.8. The average molecular weight is 526 g/mol. The predicted octanol–water partition coefficient (Wildman–Crippen LogP) is 5.06. The van der Waals surface area contributed by atoms with E-state index < -0.39 is 10.0 Å². The highest BCUT2D eigenvalue weighted by molar-refractivity contribution is 7.93.